The van der Waals surface area contributed by atoms with Crippen LogP contribution < -0.4 is 5.32 Å². The Hall–Kier alpha value is -0.990. The summed E-state index contributed by atoms with van der Waals surface area (Å²) in [6, 6.07) is -0.160. The molecule has 2 amide bonds. The third-order valence-corrected chi connectivity index (χ3v) is 5.89. The molecular formula is C17H30N4O3S. The quantitative estimate of drug-likeness (QED) is 0.776. The summed E-state index contributed by atoms with van der Waals surface area (Å²) in [4.78, 5) is 31.7. The Labute approximate surface area is 154 Å². The van der Waals surface area contributed by atoms with Gasteiger partial charge in [-0.1, -0.05) is 0 Å². The van der Waals surface area contributed by atoms with Crippen LogP contribution in [-0.4, -0.2) is 95.3 Å². The summed E-state index contributed by atoms with van der Waals surface area (Å²) in [7, 11) is 0. The number of thioether (sulfide) groups is 1. The summed E-state index contributed by atoms with van der Waals surface area (Å²) < 4.78 is 5.58. The van der Waals surface area contributed by atoms with E-state index in [1.54, 1.807) is 16.7 Å². The van der Waals surface area contributed by atoms with Gasteiger partial charge in [0.2, 0.25) is 5.91 Å². The fourth-order valence-corrected chi connectivity index (χ4v) is 4.64. The molecule has 0 spiro atoms. The summed E-state index contributed by atoms with van der Waals surface area (Å²) in [5.74, 6) is 1.79. The smallest absolute Gasteiger partial charge is 0.411 e. The summed E-state index contributed by atoms with van der Waals surface area (Å²) in [5, 5.41) is 3.36. The van der Waals surface area contributed by atoms with Crippen molar-refractivity contribution in [2.24, 2.45) is 0 Å². The van der Waals surface area contributed by atoms with Crippen molar-refractivity contribution in [2.75, 3.05) is 50.9 Å². The molecule has 3 aliphatic rings. The van der Waals surface area contributed by atoms with E-state index in [9.17, 15) is 9.59 Å². The van der Waals surface area contributed by atoms with Gasteiger partial charge in [-0.3, -0.25) is 14.6 Å². The predicted octanol–water partition coefficient (Wildman–Crippen LogP) is 0.803. The van der Waals surface area contributed by atoms with Gasteiger partial charge in [-0.05, 0) is 27.2 Å². The van der Waals surface area contributed by atoms with Gasteiger partial charge in [0, 0.05) is 51.1 Å². The van der Waals surface area contributed by atoms with Gasteiger partial charge >= 0.3 is 6.09 Å². The van der Waals surface area contributed by atoms with Gasteiger partial charge in [-0.15, -0.1) is 11.8 Å². The molecule has 0 aromatic heterocycles. The van der Waals surface area contributed by atoms with Crippen molar-refractivity contribution in [3.05, 3.63) is 0 Å². The normalized spacial score (nSPS) is 28.4. The zero-order valence-electron chi connectivity index (χ0n) is 15.5. The molecule has 3 fully saturated rings. The third kappa shape index (κ3) is 4.60. The molecule has 1 N–H and O–H groups in total. The van der Waals surface area contributed by atoms with Crippen molar-refractivity contribution in [1.82, 2.24) is 20.0 Å². The van der Waals surface area contributed by atoms with Crippen LogP contribution in [0.1, 0.15) is 27.2 Å². The monoisotopic (exact) mass is 370 g/mol. The molecule has 142 valence electrons. The highest BCUT2D eigenvalue weighted by molar-refractivity contribution is 7.99. The van der Waals surface area contributed by atoms with Crippen LogP contribution in [0.2, 0.25) is 0 Å². The highest BCUT2D eigenvalue weighted by Gasteiger charge is 2.45. The minimum atomic E-state index is -0.554. The Morgan fingerprint density at radius 1 is 1.16 bits per heavy atom. The summed E-state index contributed by atoms with van der Waals surface area (Å²) >= 11 is 1.77. The van der Waals surface area contributed by atoms with E-state index in [2.05, 4.69) is 10.2 Å². The molecule has 0 bridgehead atoms. The molecule has 3 heterocycles. The molecule has 0 aromatic carbocycles. The zero-order valence-corrected chi connectivity index (χ0v) is 16.3. The van der Waals surface area contributed by atoms with Gasteiger partial charge in [0.05, 0.1) is 5.88 Å². The predicted molar refractivity (Wildman–Crippen MR) is 98.6 cm³/mol. The van der Waals surface area contributed by atoms with E-state index in [0.717, 1.165) is 44.4 Å². The zero-order chi connectivity index (χ0) is 18.0. The Balaban J connectivity index is 1.73. The Morgan fingerprint density at radius 2 is 1.88 bits per heavy atom. The number of carbonyl (C=O) groups is 2. The fraction of sp³-hybridized carbons (Fsp3) is 0.882. The number of rotatable bonds is 2. The SMILES string of the molecule is CC(C)(C)OC(=O)N1CC(N2CCNCC2)CC1C(=O)N1CCSC1. The maximum atomic E-state index is 13.0. The minimum Gasteiger partial charge on any atom is -0.444 e. The Morgan fingerprint density at radius 3 is 2.48 bits per heavy atom. The number of piperazine rings is 1. The topological polar surface area (TPSA) is 65.1 Å². The first kappa shape index (κ1) is 18.8. The van der Waals surface area contributed by atoms with Crippen molar-refractivity contribution in [3.8, 4) is 0 Å². The lowest BCUT2D eigenvalue weighted by Crippen LogP contribution is -2.49. The van der Waals surface area contributed by atoms with Gasteiger partial charge in [-0.2, -0.15) is 0 Å². The minimum absolute atomic E-state index is 0.0773. The van der Waals surface area contributed by atoms with E-state index in [1.165, 1.54) is 0 Å². The number of hydrogen-bond donors (Lipinski definition) is 1. The molecule has 3 rings (SSSR count). The van der Waals surface area contributed by atoms with Crippen LogP contribution in [0.25, 0.3) is 0 Å². The second-order valence-corrected chi connectivity index (χ2v) is 9.04. The van der Waals surface area contributed by atoms with Crippen LogP contribution in [0.4, 0.5) is 4.79 Å². The molecule has 3 saturated heterocycles. The third-order valence-electron chi connectivity index (χ3n) is 4.92. The maximum absolute atomic E-state index is 13.0. The van der Waals surface area contributed by atoms with Gasteiger partial charge in [0.25, 0.3) is 0 Å². The second-order valence-electron chi connectivity index (χ2n) is 7.96. The van der Waals surface area contributed by atoms with Crippen molar-refractivity contribution in [2.45, 2.75) is 44.9 Å². The van der Waals surface area contributed by atoms with Crippen molar-refractivity contribution in [3.63, 3.8) is 0 Å². The maximum Gasteiger partial charge on any atom is 0.411 e. The van der Waals surface area contributed by atoms with Crippen molar-refractivity contribution in [1.29, 1.82) is 0 Å². The Kier molecular flexibility index (Phi) is 5.80. The van der Waals surface area contributed by atoms with Crippen molar-refractivity contribution < 1.29 is 14.3 Å². The average molecular weight is 371 g/mol. The fourth-order valence-electron chi connectivity index (χ4n) is 3.68. The largest absolute Gasteiger partial charge is 0.444 e. The second kappa shape index (κ2) is 7.72. The number of carbonyl (C=O) groups excluding carboxylic acids is 2. The molecule has 25 heavy (non-hydrogen) atoms. The molecule has 7 nitrogen and oxygen atoms in total. The number of amides is 2. The molecule has 0 saturated carbocycles. The lowest BCUT2D eigenvalue weighted by Gasteiger charge is -2.32. The molecule has 2 atom stereocenters. The highest BCUT2D eigenvalue weighted by atomic mass is 32.2. The van der Waals surface area contributed by atoms with E-state index in [1.807, 2.05) is 25.7 Å². The lowest BCUT2D eigenvalue weighted by molar-refractivity contribution is -0.134. The van der Waals surface area contributed by atoms with Crippen LogP contribution in [0.5, 0.6) is 0 Å². The summed E-state index contributed by atoms with van der Waals surface area (Å²) in [5.41, 5.74) is -0.554. The lowest BCUT2D eigenvalue weighted by atomic mass is 10.1. The van der Waals surface area contributed by atoms with Crippen LogP contribution >= 0.6 is 11.8 Å². The highest BCUT2D eigenvalue weighted by Crippen LogP contribution is 2.28. The van der Waals surface area contributed by atoms with E-state index in [-0.39, 0.29) is 18.0 Å². The van der Waals surface area contributed by atoms with Crippen molar-refractivity contribution >= 4 is 23.8 Å². The van der Waals surface area contributed by atoms with Gasteiger partial charge in [0.1, 0.15) is 11.6 Å². The standard InChI is InChI=1S/C17H30N4O3S/c1-17(2,3)24-16(23)21-11-13(19-6-4-18-5-7-19)10-14(21)15(22)20-8-9-25-12-20/h13-14,18H,4-12H2,1-3H3. The Bertz CT molecular complexity index is 499. The molecule has 0 aliphatic carbocycles. The van der Waals surface area contributed by atoms with Crippen LogP contribution in [0, 0.1) is 0 Å². The molecule has 0 radical (unpaired) electrons. The van der Waals surface area contributed by atoms with E-state index in [4.69, 9.17) is 4.74 Å². The molecule has 2 unspecified atom stereocenters. The first-order valence-electron chi connectivity index (χ1n) is 9.16. The van der Waals surface area contributed by atoms with E-state index < -0.39 is 11.6 Å². The molecular weight excluding hydrogens is 340 g/mol. The first-order valence-corrected chi connectivity index (χ1v) is 10.3. The van der Waals surface area contributed by atoms with Gasteiger partial charge in [0.15, 0.2) is 0 Å². The van der Waals surface area contributed by atoms with Crippen LogP contribution in [0.3, 0.4) is 0 Å². The van der Waals surface area contributed by atoms with Crippen LogP contribution in [-0.2, 0) is 9.53 Å². The number of hydrogen-bond acceptors (Lipinski definition) is 6. The van der Waals surface area contributed by atoms with Crippen LogP contribution in [0.15, 0.2) is 0 Å². The number of likely N-dealkylation sites (tertiary alicyclic amines) is 1. The number of nitrogens with zero attached hydrogens (tertiary/aromatic N) is 3. The first-order chi connectivity index (χ1) is 11.8. The summed E-state index contributed by atoms with van der Waals surface area (Å²) in [6.07, 6.45) is 0.342. The number of nitrogens with one attached hydrogen (secondary N) is 1. The van der Waals surface area contributed by atoms with Gasteiger partial charge in [-0.25, -0.2) is 4.79 Å². The average Bonchev–Trinajstić information content (AvgIpc) is 3.23. The molecule has 3 aliphatic heterocycles. The molecule has 0 aromatic rings. The molecule has 8 heteroatoms. The summed E-state index contributed by atoms with van der Waals surface area (Å²) in [6.45, 7) is 10.8. The van der Waals surface area contributed by atoms with E-state index >= 15 is 0 Å². The number of ether oxygens (including phenoxy) is 1. The van der Waals surface area contributed by atoms with E-state index in [0.29, 0.717) is 13.0 Å². The van der Waals surface area contributed by atoms with Gasteiger partial charge < -0.3 is 15.0 Å².